The number of rotatable bonds is 2. The van der Waals surface area contributed by atoms with Gasteiger partial charge in [0.1, 0.15) is 6.61 Å². The molecule has 0 aliphatic carbocycles. The molecule has 62 valence electrons. The van der Waals surface area contributed by atoms with Gasteiger partial charge in [-0.1, -0.05) is 23.7 Å². The monoisotopic (exact) mass is 193 g/mol. The van der Waals surface area contributed by atoms with Gasteiger partial charge >= 0.3 is 0 Å². The molecule has 0 aromatic heterocycles. The zero-order chi connectivity index (χ0) is 7.40. The summed E-state index contributed by atoms with van der Waals surface area (Å²) in [5.74, 6) is 3.27. The lowest BCUT2D eigenvalue weighted by molar-refractivity contribution is -0.695. The number of halogens is 2. The molecule has 2 nitrogen and oxygen atoms in total. The average molecular weight is 194 g/mol. The first-order valence-electron chi connectivity index (χ1n) is 2.94. The minimum Gasteiger partial charge on any atom is -1.00 e. The second-order valence-corrected chi connectivity index (χ2v) is 2.41. The van der Waals surface area contributed by atoms with Crippen LogP contribution in [0, 0.1) is 0 Å². The highest BCUT2D eigenvalue weighted by atomic mass is 35.5. The van der Waals surface area contributed by atoms with Crippen LogP contribution in [-0.2, 0) is 11.4 Å². The van der Waals surface area contributed by atoms with Crippen molar-refractivity contribution in [3.05, 3.63) is 34.9 Å². The van der Waals surface area contributed by atoms with E-state index in [-0.39, 0.29) is 12.4 Å². The van der Waals surface area contributed by atoms with Crippen LogP contribution in [0.1, 0.15) is 5.56 Å². The second-order valence-electron chi connectivity index (χ2n) is 1.98. The van der Waals surface area contributed by atoms with Gasteiger partial charge in [-0.2, -0.15) is 0 Å². The highest BCUT2D eigenvalue weighted by Crippen LogP contribution is 2.10. The van der Waals surface area contributed by atoms with E-state index in [9.17, 15) is 0 Å². The molecule has 0 atom stereocenters. The van der Waals surface area contributed by atoms with E-state index in [4.69, 9.17) is 11.6 Å². The zero-order valence-corrected chi connectivity index (χ0v) is 7.40. The Balaban J connectivity index is 0.000001000. The molecule has 0 amide bonds. The predicted molar refractivity (Wildman–Crippen MR) is 39.1 cm³/mol. The molecule has 1 aromatic rings. The first-order valence-corrected chi connectivity index (χ1v) is 3.32. The maximum Gasteiger partial charge on any atom is 0.131 e. The van der Waals surface area contributed by atoms with Crippen LogP contribution in [-0.4, -0.2) is 0 Å². The van der Waals surface area contributed by atoms with Crippen LogP contribution in [0.3, 0.4) is 0 Å². The third-order valence-corrected chi connectivity index (χ3v) is 1.39. The van der Waals surface area contributed by atoms with Crippen LogP contribution >= 0.6 is 11.6 Å². The van der Waals surface area contributed by atoms with Gasteiger partial charge in [0.15, 0.2) is 0 Å². The van der Waals surface area contributed by atoms with E-state index in [1.54, 1.807) is 0 Å². The van der Waals surface area contributed by atoms with Crippen molar-refractivity contribution in [3.8, 4) is 0 Å². The fourth-order valence-corrected chi connectivity index (χ4v) is 0.957. The first kappa shape index (κ1) is 10.7. The predicted octanol–water partition coefficient (Wildman–Crippen LogP) is -1.98. The topological polar surface area (TPSA) is 36.9 Å². The van der Waals surface area contributed by atoms with E-state index < -0.39 is 0 Å². The summed E-state index contributed by atoms with van der Waals surface area (Å²) in [4.78, 5) is 4.67. The largest absolute Gasteiger partial charge is 1.00 e. The third-order valence-electron chi connectivity index (χ3n) is 1.16. The molecule has 0 unspecified atom stereocenters. The van der Waals surface area contributed by atoms with Gasteiger partial charge in [0.25, 0.3) is 0 Å². The van der Waals surface area contributed by atoms with Gasteiger partial charge < -0.3 is 12.4 Å². The van der Waals surface area contributed by atoms with Crippen LogP contribution in [0.5, 0.6) is 0 Å². The number of hydrogen-bond acceptors (Lipinski definition) is 1. The fourth-order valence-electron chi connectivity index (χ4n) is 0.745. The van der Waals surface area contributed by atoms with Gasteiger partial charge in [0.05, 0.1) is 0 Å². The van der Waals surface area contributed by atoms with Crippen molar-refractivity contribution >= 4 is 11.6 Å². The summed E-state index contributed by atoms with van der Waals surface area (Å²) in [6.45, 7) is 0.514. The molecule has 0 aliphatic rings. The number of hydrogen-bond donors (Lipinski definition) is 1. The van der Waals surface area contributed by atoms with E-state index >= 15 is 0 Å². The highest BCUT2D eigenvalue weighted by Gasteiger charge is 1.92. The van der Waals surface area contributed by atoms with E-state index in [1.165, 1.54) is 0 Å². The van der Waals surface area contributed by atoms with Gasteiger partial charge in [0, 0.05) is 5.02 Å². The summed E-state index contributed by atoms with van der Waals surface area (Å²) in [7, 11) is 0. The van der Waals surface area contributed by atoms with Crippen LogP contribution in [0.15, 0.2) is 24.3 Å². The maximum atomic E-state index is 5.70. The van der Waals surface area contributed by atoms with Crippen molar-refractivity contribution in [1.29, 1.82) is 0 Å². The van der Waals surface area contributed by atoms with E-state index in [1.807, 2.05) is 24.3 Å². The molecule has 0 saturated carbocycles. The fraction of sp³-hybridized carbons (Fsp3) is 0.143. The van der Waals surface area contributed by atoms with Gasteiger partial charge in [-0.3, -0.25) is 0 Å². The summed E-state index contributed by atoms with van der Waals surface area (Å²) in [6.07, 6.45) is 0. The van der Waals surface area contributed by atoms with Crippen molar-refractivity contribution < 1.29 is 23.1 Å². The summed E-state index contributed by atoms with van der Waals surface area (Å²) >= 11 is 5.70. The lowest BCUT2D eigenvalue weighted by Gasteiger charge is -1.95. The molecule has 1 aromatic carbocycles. The SMILES string of the molecule is [Cl-].[NH3+]OCc1cccc(Cl)c1. The molecule has 0 bridgehead atoms. The summed E-state index contributed by atoms with van der Waals surface area (Å²) in [6, 6.07) is 7.51. The zero-order valence-electron chi connectivity index (χ0n) is 5.89. The van der Waals surface area contributed by atoms with Crippen molar-refractivity contribution in [1.82, 2.24) is 0 Å². The van der Waals surface area contributed by atoms with Gasteiger partial charge in [0.2, 0.25) is 0 Å². The summed E-state index contributed by atoms with van der Waals surface area (Å²) < 4.78 is 0. The Morgan fingerprint density at radius 2 is 2.18 bits per heavy atom. The Morgan fingerprint density at radius 1 is 1.45 bits per heavy atom. The normalized spacial score (nSPS) is 8.91. The molecule has 4 heteroatoms. The molecule has 0 aliphatic heterocycles. The van der Waals surface area contributed by atoms with Crippen LogP contribution in [0.4, 0.5) is 0 Å². The second kappa shape index (κ2) is 5.38. The summed E-state index contributed by atoms with van der Waals surface area (Å²) in [5, 5.41) is 0.731. The molecule has 3 N–H and O–H groups in total. The standard InChI is InChI=1S/C7H9ClNO.ClH/c8-7-3-1-2-6(4-7)5-10-9;/h1-4H,5H2,9H3;1H/q+1;/p-1. The number of benzene rings is 1. The highest BCUT2D eigenvalue weighted by molar-refractivity contribution is 6.30. The van der Waals surface area contributed by atoms with E-state index in [2.05, 4.69) is 10.7 Å². The maximum absolute atomic E-state index is 5.70. The lowest BCUT2D eigenvalue weighted by atomic mass is 10.2. The van der Waals surface area contributed by atoms with Gasteiger partial charge in [-0.15, -0.1) is 0 Å². The Labute approximate surface area is 76.7 Å². The van der Waals surface area contributed by atoms with Gasteiger partial charge in [-0.25, -0.2) is 10.7 Å². The van der Waals surface area contributed by atoms with Crippen LogP contribution in [0.2, 0.25) is 5.02 Å². The van der Waals surface area contributed by atoms with Crippen molar-refractivity contribution in [2.45, 2.75) is 6.61 Å². The van der Waals surface area contributed by atoms with Crippen molar-refractivity contribution in [2.75, 3.05) is 0 Å². The van der Waals surface area contributed by atoms with Crippen molar-refractivity contribution in [2.24, 2.45) is 0 Å². The van der Waals surface area contributed by atoms with Crippen molar-refractivity contribution in [3.63, 3.8) is 0 Å². The van der Waals surface area contributed by atoms with Crippen LogP contribution < -0.4 is 18.3 Å². The van der Waals surface area contributed by atoms with E-state index in [0.29, 0.717) is 6.61 Å². The molecular formula is C7H9Cl2NO. The molecule has 0 saturated heterocycles. The molecule has 1 rings (SSSR count). The minimum atomic E-state index is 0. The first-order chi connectivity index (χ1) is 4.83. The Hall–Kier alpha value is -0.280. The average Bonchev–Trinajstić information content (AvgIpc) is 1.88. The smallest absolute Gasteiger partial charge is 0.131 e. The molecule has 0 fully saturated rings. The molecule has 11 heavy (non-hydrogen) atoms. The Morgan fingerprint density at radius 3 is 2.73 bits per heavy atom. The molecule has 0 radical (unpaired) electrons. The van der Waals surface area contributed by atoms with Gasteiger partial charge in [-0.05, 0) is 17.7 Å². The van der Waals surface area contributed by atoms with Crippen LogP contribution in [0.25, 0.3) is 0 Å². The quantitative estimate of drug-likeness (QED) is 0.544. The molecular weight excluding hydrogens is 185 g/mol. The third kappa shape index (κ3) is 3.58. The lowest BCUT2D eigenvalue weighted by Crippen LogP contribution is -3.00. The van der Waals surface area contributed by atoms with E-state index in [0.717, 1.165) is 10.6 Å². The Bertz CT molecular complexity index is 217. The molecule has 0 spiro atoms. The minimum absolute atomic E-state index is 0. The summed E-state index contributed by atoms with van der Waals surface area (Å²) in [5.41, 5.74) is 1.04. The Kier molecular flexibility index (Phi) is 5.24. The number of quaternary nitrogens is 1. The molecule has 0 heterocycles.